The third-order valence-corrected chi connectivity index (χ3v) is 4.20. The summed E-state index contributed by atoms with van der Waals surface area (Å²) in [6, 6.07) is 11.5. The summed E-state index contributed by atoms with van der Waals surface area (Å²) in [5.41, 5.74) is 3.98. The molecule has 0 spiro atoms. The maximum absolute atomic E-state index is 13.6. The molecule has 0 aliphatic rings. The van der Waals surface area contributed by atoms with E-state index in [0.29, 0.717) is 20.3 Å². The van der Waals surface area contributed by atoms with Crippen LogP contribution < -0.4 is 5.73 Å². The van der Waals surface area contributed by atoms with Crippen molar-refractivity contribution in [2.24, 2.45) is 10.9 Å². The molecule has 0 radical (unpaired) electrons. The third-order valence-electron chi connectivity index (χ3n) is 3.70. The first-order valence-corrected chi connectivity index (χ1v) is 8.64. The molecule has 0 aliphatic carbocycles. The molecule has 0 saturated heterocycles. The Balaban J connectivity index is 1.91. The number of nitrogens with zero attached hydrogens (tertiary/aromatic N) is 3. The average molecular weight is 443 g/mol. The van der Waals surface area contributed by atoms with Gasteiger partial charge in [-0.2, -0.15) is 18.3 Å². The highest BCUT2D eigenvalue weighted by molar-refractivity contribution is 6.30. The molecular weight excluding hydrogens is 432 g/mol. The fraction of sp³-hybridized carbons (Fsp3) is 0.0556. The number of hydrogen-bond donors (Lipinski definition) is 1. The SMILES string of the molecule is N/C(=N\OC(=O)c1cnn(-c2ccc(Cl)cc2)c1C(F)(F)F)c1ccc(Cl)cc1. The summed E-state index contributed by atoms with van der Waals surface area (Å²) in [6.45, 7) is 0. The predicted octanol–water partition coefficient (Wildman–Crippen LogP) is 4.68. The number of rotatable bonds is 4. The van der Waals surface area contributed by atoms with Gasteiger partial charge in [0.2, 0.25) is 0 Å². The zero-order chi connectivity index (χ0) is 21.2. The summed E-state index contributed by atoms with van der Waals surface area (Å²) >= 11 is 11.5. The van der Waals surface area contributed by atoms with Crippen LogP contribution in [-0.2, 0) is 11.0 Å². The van der Waals surface area contributed by atoms with E-state index in [1.54, 1.807) is 0 Å². The predicted molar refractivity (Wildman–Crippen MR) is 101 cm³/mol. The molecule has 1 heterocycles. The van der Waals surface area contributed by atoms with Gasteiger partial charge in [-0.25, -0.2) is 9.48 Å². The molecule has 6 nitrogen and oxygen atoms in total. The van der Waals surface area contributed by atoms with Crippen LogP contribution in [0.2, 0.25) is 10.0 Å². The number of oxime groups is 1. The molecule has 2 aromatic carbocycles. The molecule has 0 unspecified atom stereocenters. The van der Waals surface area contributed by atoms with Gasteiger partial charge < -0.3 is 10.6 Å². The van der Waals surface area contributed by atoms with E-state index in [1.807, 2.05) is 0 Å². The lowest BCUT2D eigenvalue weighted by molar-refractivity contribution is -0.143. The summed E-state index contributed by atoms with van der Waals surface area (Å²) in [5, 5.41) is 7.84. The fourth-order valence-electron chi connectivity index (χ4n) is 2.36. The first-order valence-electron chi connectivity index (χ1n) is 7.88. The zero-order valence-electron chi connectivity index (χ0n) is 14.3. The second-order valence-corrected chi connectivity index (χ2v) is 6.53. The van der Waals surface area contributed by atoms with Crippen molar-refractivity contribution in [2.45, 2.75) is 6.18 Å². The maximum atomic E-state index is 13.6. The third kappa shape index (κ3) is 4.69. The van der Waals surface area contributed by atoms with E-state index in [2.05, 4.69) is 15.1 Å². The van der Waals surface area contributed by atoms with Gasteiger partial charge in [0.05, 0.1) is 11.9 Å². The van der Waals surface area contributed by atoms with Gasteiger partial charge in [0.1, 0.15) is 5.56 Å². The molecule has 0 fully saturated rings. The Bertz CT molecular complexity index is 1060. The van der Waals surface area contributed by atoms with Gasteiger partial charge in [-0.15, -0.1) is 0 Å². The standard InChI is InChI=1S/C18H11Cl2F3N4O2/c19-11-3-1-10(2-4-11)16(24)26-29-17(28)14-9-25-27(15(14)18(21,22)23)13-7-5-12(20)6-8-13/h1-9H,(H2,24,26). The number of nitrogens with two attached hydrogens (primary N) is 1. The van der Waals surface area contributed by atoms with Gasteiger partial charge in [0.15, 0.2) is 11.5 Å². The van der Waals surface area contributed by atoms with Crippen LogP contribution in [0.3, 0.4) is 0 Å². The Morgan fingerprint density at radius 2 is 1.59 bits per heavy atom. The van der Waals surface area contributed by atoms with Crippen molar-refractivity contribution in [3.05, 3.63) is 81.6 Å². The largest absolute Gasteiger partial charge is 0.434 e. The zero-order valence-corrected chi connectivity index (χ0v) is 15.8. The van der Waals surface area contributed by atoms with Crippen molar-refractivity contribution >= 4 is 35.0 Å². The van der Waals surface area contributed by atoms with Crippen LogP contribution >= 0.6 is 23.2 Å². The number of benzene rings is 2. The second kappa shape index (κ2) is 8.14. The van der Waals surface area contributed by atoms with Crippen molar-refractivity contribution in [1.82, 2.24) is 9.78 Å². The number of amidine groups is 1. The van der Waals surface area contributed by atoms with Crippen LogP contribution in [-0.4, -0.2) is 21.6 Å². The molecule has 29 heavy (non-hydrogen) atoms. The van der Waals surface area contributed by atoms with Gasteiger partial charge in [0.25, 0.3) is 0 Å². The molecule has 3 rings (SSSR count). The molecule has 2 N–H and O–H groups in total. The Labute approximate surface area is 172 Å². The first kappa shape index (κ1) is 20.7. The molecule has 0 bridgehead atoms. The van der Waals surface area contributed by atoms with Crippen molar-refractivity contribution in [1.29, 1.82) is 0 Å². The number of carbonyl (C=O) groups excluding carboxylic acids is 1. The van der Waals surface area contributed by atoms with Gasteiger partial charge in [-0.1, -0.05) is 28.4 Å². The van der Waals surface area contributed by atoms with Gasteiger partial charge in [-0.3, -0.25) is 0 Å². The summed E-state index contributed by atoms with van der Waals surface area (Å²) in [5.74, 6) is -1.58. The Hall–Kier alpha value is -3.04. The minimum atomic E-state index is -4.89. The van der Waals surface area contributed by atoms with E-state index in [4.69, 9.17) is 28.9 Å². The molecule has 3 aromatic rings. The van der Waals surface area contributed by atoms with Crippen LogP contribution in [0.15, 0.2) is 59.9 Å². The highest BCUT2D eigenvalue weighted by atomic mass is 35.5. The van der Waals surface area contributed by atoms with Crippen LogP contribution in [0.5, 0.6) is 0 Å². The van der Waals surface area contributed by atoms with Crippen molar-refractivity contribution in [2.75, 3.05) is 0 Å². The quantitative estimate of drug-likeness (QED) is 0.275. The summed E-state index contributed by atoms with van der Waals surface area (Å²) in [6.07, 6.45) is -4.15. The summed E-state index contributed by atoms with van der Waals surface area (Å²) in [4.78, 5) is 16.8. The van der Waals surface area contributed by atoms with Crippen LogP contribution in [0.4, 0.5) is 13.2 Å². The van der Waals surface area contributed by atoms with Crippen molar-refractivity contribution in [3.63, 3.8) is 0 Å². The molecule has 0 aliphatic heterocycles. The van der Waals surface area contributed by atoms with Gasteiger partial charge in [0, 0.05) is 15.6 Å². The van der Waals surface area contributed by atoms with E-state index < -0.39 is 23.4 Å². The van der Waals surface area contributed by atoms with E-state index in [0.717, 1.165) is 6.20 Å². The number of aromatic nitrogens is 2. The van der Waals surface area contributed by atoms with Crippen molar-refractivity contribution < 1.29 is 22.8 Å². The Morgan fingerprint density at radius 3 is 2.14 bits per heavy atom. The smallest absolute Gasteiger partial charge is 0.380 e. The van der Waals surface area contributed by atoms with Crippen LogP contribution in [0.1, 0.15) is 21.6 Å². The highest BCUT2D eigenvalue weighted by Crippen LogP contribution is 2.34. The molecule has 0 amide bonds. The molecule has 0 atom stereocenters. The molecule has 150 valence electrons. The normalized spacial score (nSPS) is 12.1. The average Bonchev–Trinajstić information content (AvgIpc) is 3.13. The van der Waals surface area contributed by atoms with E-state index in [1.165, 1.54) is 48.5 Å². The number of carbonyl (C=O) groups is 1. The minimum absolute atomic E-state index is 0.0601. The second-order valence-electron chi connectivity index (χ2n) is 5.65. The summed E-state index contributed by atoms with van der Waals surface area (Å²) in [7, 11) is 0. The minimum Gasteiger partial charge on any atom is -0.380 e. The van der Waals surface area contributed by atoms with Gasteiger partial charge >= 0.3 is 12.1 Å². The Kier molecular flexibility index (Phi) is 5.81. The molecule has 0 saturated carbocycles. The topological polar surface area (TPSA) is 82.5 Å². The van der Waals surface area contributed by atoms with Crippen molar-refractivity contribution in [3.8, 4) is 5.69 Å². The molecule has 11 heteroatoms. The highest BCUT2D eigenvalue weighted by Gasteiger charge is 2.41. The first-order chi connectivity index (χ1) is 13.7. The van der Waals surface area contributed by atoms with Crippen LogP contribution in [0.25, 0.3) is 5.69 Å². The monoisotopic (exact) mass is 442 g/mol. The van der Waals surface area contributed by atoms with Crippen LogP contribution in [0, 0.1) is 0 Å². The maximum Gasteiger partial charge on any atom is 0.434 e. The number of alkyl halides is 3. The molecular formula is C18H11Cl2F3N4O2. The lowest BCUT2D eigenvalue weighted by atomic mass is 10.2. The molecule has 1 aromatic heterocycles. The lowest BCUT2D eigenvalue weighted by Crippen LogP contribution is -2.19. The fourth-order valence-corrected chi connectivity index (χ4v) is 2.61. The van der Waals surface area contributed by atoms with Gasteiger partial charge in [-0.05, 0) is 48.5 Å². The Morgan fingerprint density at radius 1 is 1.03 bits per heavy atom. The number of halogens is 5. The van der Waals surface area contributed by atoms with E-state index in [9.17, 15) is 18.0 Å². The van der Waals surface area contributed by atoms with E-state index in [-0.39, 0.29) is 11.5 Å². The number of hydrogen-bond acceptors (Lipinski definition) is 4. The lowest BCUT2D eigenvalue weighted by Gasteiger charge is -2.12. The van der Waals surface area contributed by atoms with E-state index >= 15 is 0 Å². The summed E-state index contributed by atoms with van der Waals surface area (Å²) < 4.78 is 41.4.